The van der Waals surface area contributed by atoms with E-state index in [1.54, 1.807) is 12.4 Å². The second-order valence-electron chi connectivity index (χ2n) is 2.33. The van der Waals surface area contributed by atoms with Gasteiger partial charge in [0.05, 0.1) is 6.20 Å². The molecule has 2 aromatic rings. The Kier molecular flexibility index (Phi) is 1.62. The van der Waals surface area contributed by atoms with Crippen molar-refractivity contribution >= 4 is 23.1 Å². The Morgan fingerprint density at radius 2 is 2.42 bits per heavy atom. The van der Waals surface area contributed by atoms with Crippen molar-refractivity contribution in [2.24, 2.45) is 0 Å². The first-order valence-electron chi connectivity index (χ1n) is 3.48. The molecule has 4 nitrogen and oxygen atoms in total. The molecule has 0 atom stereocenters. The van der Waals surface area contributed by atoms with Crippen LogP contribution in [0.1, 0.15) is 0 Å². The molecule has 0 fully saturated rings. The number of aromatic nitrogens is 3. The Bertz CT molecular complexity index is 409. The molecule has 1 N–H and O–H groups in total. The van der Waals surface area contributed by atoms with Crippen molar-refractivity contribution in [1.29, 1.82) is 0 Å². The predicted molar refractivity (Wildman–Crippen MR) is 47.5 cm³/mol. The summed E-state index contributed by atoms with van der Waals surface area (Å²) in [6, 6.07) is 0. The van der Waals surface area contributed by atoms with Crippen LogP contribution in [0.3, 0.4) is 0 Å². The number of halogens is 1. The molecule has 0 radical (unpaired) electrons. The number of nitrogens with zero attached hydrogens (tertiary/aromatic N) is 3. The van der Waals surface area contributed by atoms with Gasteiger partial charge in [-0.05, 0) is 0 Å². The lowest BCUT2D eigenvalue weighted by atomic mass is 10.7. The molecule has 62 valence electrons. The fourth-order valence-electron chi connectivity index (χ4n) is 1.01. The molecule has 0 saturated carbocycles. The molecule has 0 aliphatic carbocycles. The van der Waals surface area contributed by atoms with E-state index >= 15 is 0 Å². The molecule has 0 aliphatic heterocycles. The smallest absolute Gasteiger partial charge is 0.177 e. The molecule has 0 unspecified atom stereocenters. The first kappa shape index (κ1) is 7.36. The number of nitrogens with one attached hydrogen (secondary N) is 1. The number of anilines is 1. The van der Waals surface area contributed by atoms with Gasteiger partial charge in [0.15, 0.2) is 10.8 Å². The van der Waals surface area contributed by atoms with Gasteiger partial charge in [-0.1, -0.05) is 11.6 Å². The summed E-state index contributed by atoms with van der Waals surface area (Å²) in [5.41, 5.74) is 0.670. The second-order valence-corrected chi connectivity index (χ2v) is 2.68. The zero-order valence-corrected chi connectivity index (χ0v) is 7.21. The first-order valence-corrected chi connectivity index (χ1v) is 3.86. The molecule has 2 rings (SSSR count). The third-order valence-corrected chi connectivity index (χ3v) is 1.85. The van der Waals surface area contributed by atoms with E-state index in [9.17, 15) is 0 Å². The highest BCUT2D eigenvalue weighted by Crippen LogP contribution is 2.14. The zero-order valence-electron chi connectivity index (χ0n) is 6.45. The molecule has 2 heterocycles. The Morgan fingerprint density at radius 1 is 1.58 bits per heavy atom. The van der Waals surface area contributed by atoms with E-state index in [0.717, 1.165) is 5.82 Å². The van der Waals surface area contributed by atoms with Gasteiger partial charge in [-0.3, -0.25) is 0 Å². The van der Waals surface area contributed by atoms with Gasteiger partial charge in [0.2, 0.25) is 0 Å². The SMILES string of the molecule is CNc1cn2ccnc(Cl)c2n1. The molecular weight excluding hydrogens is 176 g/mol. The van der Waals surface area contributed by atoms with Crippen LogP contribution in [0, 0.1) is 0 Å². The monoisotopic (exact) mass is 182 g/mol. The van der Waals surface area contributed by atoms with Gasteiger partial charge >= 0.3 is 0 Å². The fourth-order valence-corrected chi connectivity index (χ4v) is 1.20. The molecular formula is C7H7ClN4. The predicted octanol–water partition coefficient (Wildman–Crippen LogP) is 1.42. The Morgan fingerprint density at radius 3 is 3.08 bits per heavy atom. The molecule has 0 spiro atoms. The fraction of sp³-hybridized carbons (Fsp3) is 0.143. The van der Waals surface area contributed by atoms with Gasteiger partial charge in [0, 0.05) is 19.4 Å². The lowest BCUT2D eigenvalue weighted by molar-refractivity contribution is 1.13. The molecule has 0 saturated heterocycles. The standard InChI is InChI=1S/C7H7ClN4/c1-9-5-4-12-3-2-10-6(8)7(12)11-5/h2-4,9H,1H3. The minimum atomic E-state index is 0.416. The van der Waals surface area contributed by atoms with Gasteiger partial charge in [-0.2, -0.15) is 0 Å². The van der Waals surface area contributed by atoms with Gasteiger partial charge in [-0.15, -0.1) is 0 Å². The maximum atomic E-state index is 5.81. The van der Waals surface area contributed by atoms with Gasteiger partial charge in [0.25, 0.3) is 0 Å². The van der Waals surface area contributed by atoms with Crippen molar-refractivity contribution in [2.75, 3.05) is 12.4 Å². The normalized spacial score (nSPS) is 10.5. The first-order chi connectivity index (χ1) is 5.81. The summed E-state index contributed by atoms with van der Waals surface area (Å²) in [6.45, 7) is 0. The minimum Gasteiger partial charge on any atom is -0.372 e. The van der Waals surface area contributed by atoms with Gasteiger partial charge in [-0.25, -0.2) is 9.97 Å². The third-order valence-electron chi connectivity index (χ3n) is 1.59. The van der Waals surface area contributed by atoms with Crippen LogP contribution in [-0.4, -0.2) is 21.4 Å². The van der Waals surface area contributed by atoms with Crippen molar-refractivity contribution in [3.63, 3.8) is 0 Å². The average molecular weight is 183 g/mol. The number of rotatable bonds is 1. The number of hydrogen-bond donors (Lipinski definition) is 1. The van der Waals surface area contributed by atoms with Crippen LogP contribution in [0.2, 0.25) is 5.15 Å². The highest BCUT2D eigenvalue weighted by molar-refractivity contribution is 6.32. The van der Waals surface area contributed by atoms with Crippen molar-refractivity contribution in [2.45, 2.75) is 0 Å². The van der Waals surface area contributed by atoms with Crippen LogP contribution in [0.25, 0.3) is 5.65 Å². The lowest BCUT2D eigenvalue weighted by Gasteiger charge is -1.90. The molecule has 5 heteroatoms. The largest absolute Gasteiger partial charge is 0.372 e. The van der Waals surface area contributed by atoms with E-state index in [0.29, 0.717) is 10.8 Å². The lowest BCUT2D eigenvalue weighted by Crippen LogP contribution is -1.85. The van der Waals surface area contributed by atoms with E-state index in [1.165, 1.54) is 0 Å². The summed E-state index contributed by atoms with van der Waals surface area (Å²) >= 11 is 5.81. The summed E-state index contributed by atoms with van der Waals surface area (Å²) < 4.78 is 1.82. The van der Waals surface area contributed by atoms with Crippen molar-refractivity contribution in [1.82, 2.24) is 14.4 Å². The van der Waals surface area contributed by atoms with Crippen molar-refractivity contribution in [3.05, 3.63) is 23.7 Å². The second kappa shape index (κ2) is 2.64. The number of hydrogen-bond acceptors (Lipinski definition) is 3. The van der Waals surface area contributed by atoms with E-state index in [2.05, 4.69) is 15.3 Å². The van der Waals surface area contributed by atoms with E-state index in [4.69, 9.17) is 11.6 Å². The highest BCUT2D eigenvalue weighted by atomic mass is 35.5. The molecule has 0 aliphatic rings. The maximum absolute atomic E-state index is 5.81. The summed E-state index contributed by atoms with van der Waals surface area (Å²) in [5.74, 6) is 0.782. The van der Waals surface area contributed by atoms with Gasteiger partial charge in [0.1, 0.15) is 5.82 Å². The quantitative estimate of drug-likeness (QED) is 0.726. The van der Waals surface area contributed by atoms with Crippen LogP contribution >= 0.6 is 11.6 Å². The molecule has 0 amide bonds. The van der Waals surface area contributed by atoms with Crippen LogP contribution in [0.15, 0.2) is 18.6 Å². The third kappa shape index (κ3) is 1.00. The molecule has 0 bridgehead atoms. The molecule has 12 heavy (non-hydrogen) atoms. The Balaban J connectivity index is 2.74. The van der Waals surface area contributed by atoms with E-state index < -0.39 is 0 Å². The topological polar surface area (TPSA) is 42.2 Å². The van der Waals surface area contributed by atoms with Gasteiger partial charge < -0.3 is 9.72 Å². The molecule has 2 aromatic heterocycles. The zero-order chi connectivity index (χ0) is 8.55. The van der Waals surface area contributed by atoms with E-state index in [1.807, 2.05) is 17.6 Å². The van der Waals surface area contributed by atoms with Crippen LogP contribution in [0.5, 0.6) is 0 Å². The van der Waals surface area contributed by atoms with E-state index in [-0.39, 0.29) is 0 Å². The number of fused-ring (bicyclic) bond motifs is 1. The Labute approximate surface area is 74.2 Å². The molecule has 0 aromatic carbocycles. The maximum Gasteiger partial charge on any atom is 0.177 e. The van der Waals surface area contributed by atoms with Crippen molar-refractivity contribution in [3.8, 4) is 0 Å². The summed E-state index contributed by atoms with van der Waals surface area (Å²) in [5, 5.41) is 3.34. The van der Waals surface area contributed by atoms with Crippen LogP contribution in [-0.2, 0) is 0 Å². The van der Waals surface area contributed by atoms with Crippen LogP contribution in [0.4, 0.5) is 5.82 Å². The summed E-state index contributed by atoms with van der Waals surface area (Å²) in [7, 11) is 1.81. The Hall–Kier alpha value is -1.29. The summed E-state index contributed by atoms with van der Waals surface area (Å²) in [4.78, 5) is 8.10. The van der Waals surface area contributed by atoms with Crippen molar-refractivity contribution < 1.29 is 0 Å². The number of imidazole rings is 1. The minimum absolute atomic E-state index is 0.416. The highest BCUT2D eigenvalue weighted by Gasteiger charge is 2.02. The van der Waals surface area contributed by atoms with Crippen LogP contribution < -0.4 is 5.32 Å². The summed E-state index contributed by atoms with van der Waals surface area (Å²) in [6.07, 6.45) is 5.29. The average Bonchev–Trinajstić information content (AvgIpc) is 2.49.